The summed E-state index contributed by atoms with van der Waals surface area (Å²) in [7, 11) is 0. The van der Waals surface area contributed by atoms with Gasteiger partial charge in [-0.25, -0.2) is 0 Å². The van der Waals surface area contributed by atoms with E-state index in [4.69, 9.17) is 19.9 Å². The molecule has 31 heavy (non-hydrogen) atoms. The minimum Gasteiger partial charge on any atom is -0.465 e. The second-order valence-electron chi connectivity index (χ2n) is 9.93. The fourth-order valence-corrected chi connectivity index (χ4v) is 5.47. The molecule has 4 N–H and O–H groups in total. The highest BCUT2D eigenvalue weighted by molar-refractivity contribution is 5.37. The first-order valence-electron chi connectivity index (χ1n) is 12.7. The number of carbonyl (C=O) groups is 1. The SMILES string of the molecule is NCC1CCC(OCNCC2CCC(OCNC[C@H]3CC[C@H](OC=O)CC3)CC2)CC1. The quantitative estimate of drug-likeness (QED) is 0.231. The van der Waals surface area contributed by atoms with E-state index in [1.165, 1.54) is 25.7 Å². The molecule has 3 rings (SSSR count). The highest BCUT2D eigenvalue weighted by atomic mass is 16.5. The number of hydrogen-bond acceptors (Lipinski definition) is 7. The number of nitrogens with two attached hydrogens (primary N) is 1. The molecule has 0 aromatic rings. The van der Waals surface area contributed by atoms with Crippen LogP contribution in [0.15, 0.2) is 0 Å². The summed E-state index contributed by atoms with van der Waals surface area (Å²) in [6.07, 6.45) is 14.7. The summed E-state index contributed by atoms with van der Waals surface area (Å²) in [6, 6.07) is 0. The number of ether oxygens (including phenoxy) is 3. The van der Waals surface area contributed by atoms with Crippen molar-refractivity contribution in [3.8, 4) is 0 Å². The van der Waals surface area contributed by atoms with Gasteiger partial charge in [0, 0.05) is 13.1 Å². The highest BCUT2D eigenvalue weighted by Crippen LogP contribution is 2.27. The van der Waals surface area contributed by atoms with Crippen LogP contribution in [0.1, 0.15) is 77.0 Å². The van der Waals surface area contributed by atoms with Gasteiger partial charge < -0.3 is 19.9 Å². The van der Waals surface area contributed by atoms with Crippen LogP contribution < -0.4 is 16.4 Å². The molecule has 0 aromatic heterocycles. The summed E-state index contributed by atoms with van der Waals surface area (Å²) in [6.45, 7) is 4.80. The molecule has 3 aliphatic rings. The van der Waals surface area contributed by atoms with Crippen molar-refractivity contribution in [2.45, 2.75) is 95.4 Å². The van der Waals surface area contributed by atoms with Crippen molar-refractivity contribution in [2.24, 2.45) is 23.5 Å². The lowest BCUT2D eigenvalue weighted by Crippen LogP contribution is -2.34. The Morgan fingerprint density at radius 3 is 1.48 bits per heavy atom. The summed E-state index contributed by atoms with van der Waals surface area (Å²) in [4.78, 5) is 10.4. The van der Waals surface area contributed by atoms with Gasteiger partial charge in [-0.2, -0.15) is 0 Å². The molecule has 0 heterocycles. The Hall–Kier alpha value is -0.730. The van der Waals surface area contributed by atoms with E-state index in [-0.39, 0.29) is 6.10 Å². The first kappa shape index (κ1) is 24.9. The summed E-state index contributed by atoms with van der Waals surface area (Å²) >= 11 is 0. The Morgan fingerprint density at radius 1 is 0.645 bits per heavy atom. The molecule has 0 radical (unpaired) electrons. The fraction of sp³-hybridized carbons (Fsp3) is 0.958. The predicted molar refractivity (Wildman–Crippen MR) is 121 cm³/mol. The van der Waals surface area contributed by atoms with Gasteiger partial charge >= 0.3 is 0 Å². The predicted octanol–water partition coefficient (Wildman–Crippen LogP) is 2.92. The maximum atomic E-state index is 10.4. The van der Waals surface area contributed by atoms with Crippen LogP contribution in [0.3, 0.4) is 0 Å². The van der Waals surface area contributed by atoms with E-state index in [9.17, 15) is 4.79 Å². The zero-order chi connectivity index (χ0) is 21.7. The van der Waals surface area contributed by atoms with Crippen molar-refractivity contribution < 1.29 is 19.0 Å². The van der Waals surface area contributed by atoms with Crippen molar-refractivity contribution in [3.05, 3.63) is 0 Å². The van der Waals surface area contributed by atoms with Crippen molar-refractivity contribution in [3.63, 3.8) is 0 Å². The zero-order valence-corrected chi connectivity index (χ0v) is 19.3. The third kappa shape index (κ3) is 9.34. The number of rotatable bonds is 13. The molecular weight excluding hydrogens is 394 g/mol. The Kier molecular flexibility index (Phi) is 11.6. The third-order valence-electron chi connectivity index (χ3n) is 7.67. The number of hydrogen-bond donors (Lipinski definition) is 3. The summed E-state index contributed by atoms with van der Waals surface area (Å²) in [5, 5.41) is 6.99. The van der Waals surface area contributed by atoms with E-state index in [2.05, 4.69) is 10.6 Å². The molecule has 0 unspecified atom stereocenters. The monoisotopic (exact) mass is 439 g/mol. The van der Waals surface area contributed by atoms with Gasteiger partial charge in [0.05, 0.1) is 25.7 Å². The van der Waals surface area contributed by atoms with Gasteiger partial charge in [0.2, 0.25) is 0 Å². The van der Waals surface area contributed by atoms with Gasteiger partial charge in [-0.15, -0.1) is 0 Å². The van der Waals surface area contributed by atoms with Crippen LogP contribution in [-0.2, 0) is 19.0 Å². The standard InChI is InChI=1S/C24H45N3O4/c25-13-19-1-7-22(8-2-19)29-16-26-14-20-3-9-23(10-4-20)30-17-27-15-21-5-11-24(12-6-21)31-18-28/h18-24,26-27H,1-17,25H2/t19?,20?,21-,22?,23?,24-. The third-order valence-corrected chi connectivity index (χ3v) is 7.67. The zero-order valence-electron chi connectivity index (χ0n) is 19.3. The van der Waals surface area contributed by atoms with Gasteiger partial charge in [0.1, 0.15) is 6.10 Å². The molecule has 7 heteroatoms. The number of carbonyl (C=O) groups excluding carboxylic acids is 1. The van der Waals surface area contributed by atoms with E-state index in [1.54, 1.807) is 0 Å². The largest absolute Gasteiger partial charge is 0.465 e. The summed E-state index contributed by atoms with van der Waals surface area (Å²) in [5.41, 5.74) is 5.76. The highest BCUT2D eigenvalue weighted by Gasteiger charge is 2.24. The van der Waals surface area contributed by atoms with Crippen LogP contribution in [0.5, 0.6) is 0 Å². The Morgan fingerprint density at radius 2 is 1.06 bits per heavy atom. The maximum absolute atomic E-state index is 10.4. The van der Waals surface area contributed by atoms with Crippen molar-refractivity contribution >= 4 is 6.47 Å². The van der Waals surface area contributed by atoms with Crippen LogP contribution in [-0.4, -0.2) is 57.9 Å². The van der Waals surface area contributed by atoms with E-state index >= 15 is 0 Å². The lowest BCUT2D eigenvalue weighted by atomic mass is 9.87. The average molecular weight is 440 g/mol. The Balaban J connectivity index is 1.13. The molecule has 3 fully saturated rings. The minimum absolute atomic E-state index is 0.137. The molecule has 0 atom stereocenters. The van der Waals surface area contributed by atoms with Gasteiger partial charge in [-0.1, -0.05) is 0 Å². The van der Waals surface area contributed by atoms with Crippen LogP contribution in [0.4, 0.5) is 0 Å². The van der Waals surface area contributed by atoms with Crippen molar-refractivity contribution in [1.82, 2.24) is 10.6 Å². The Bertz CT molecular complexity index is 471. The van der Waals surface area contributed by atoms with Gasteiger partial charge in [0.15, 0.2) is 0 Å². The molecule has 3 aliphatic carbocycles. The Labute approximate surface area is 188 Å². The molecule has 0 spiro atoms. The molecule has 0 amide bonds. The van der Waals surface area contributed by atoms with Crippen molar-refractivity contribution in [2.75, 3.05) is 33.1 Å². The maximum Gasteiger partial charge on any atom is 0.293 e. The fourth-order valence-electron chi connectivity index (χ4n) is 5.47. The smallest absolute Gasteiger partial charge is 0.293 e. The summed E-state index contributed by atoms with van der Waals surface area (Å²) in [5.74, 6) is 2.13. The van der Waals surface area contributed by atoms with Gasteiger partial charge in [-0.3, -0.25) is 15.4 Å². The summed E-state index contributed by atoms with van der Waals surface area (Å²) < 4.78 is 17.2. The van der Waals surface area contributed by atoms with Gasteiger partial charge in [-0.05, 0) is 101 Å². The first-order valence-corrected chi connectivity index (χ1v) is 12.7. The second kappa shape index (κ2) is 14.4. The van der Waals surface area contributed by atoms with Gasteiger partial charge in [0.25, 0.3) is 6.47 Å². The molecule has 0 bridgehead atoms. The van der Waals surface area contributed by atoms with Crippen molar-refractivity contribution in [1.29, 1.82) is 0 Å². The van der Waals surface area contributed by atoms with E-state index in [0.717, 1.165) is 76.9 Å². The normalized spacial score (nSPS) is 34.4. The van der Waals surface area contributed by atoms with Crippen LogP contribution >= 0.6 is 0 Å². The molecular formula is C24H45N3O4. The molecule has 7 nitrogen and oxygen atoms in total. The molecule has 180 valence electrons. The lowest BCUT2D eigenvalue weighted by molar-refractivity contribution is -0.135. The minimum atomic E-state index is 0.137. The van der Waals surface area contributed by atoms with Crippen LogP contribution in [0.25, 0.3) is 0 Å². The van der Waals surface area contributed by atoms with Crippen LogP contribution in [0.2, 0.25) is 0 Å². The average Bonchev–Trinajstić information content (AvgIpc) is 2.82. The molecule has 0 aromatic carbocycles. The number of nitrogens with one attached hydrogen (secondary N) is 2. The molecule has 0 saturated heterocycles. The topological polar surface area (TPSA) is 94.8 Å². The van der Waals surface area contributed by atoms with Crippen LogP contribution in [0, 0.1) is 17.8 Å². The van der Waals surface area contributed by atoms with E-state index < -0.39 is 0 Å². The second-order valence-corrected chi connectivity index (χ2v) is 9.93. The van der Waals surface area contributed by atoms with E-state index in [1.807, 2.05) is 0 Å². The van der Waals surface area contributed by atoms with E-state index in [0.29, 0.717) is 44.0 Å². The lowest BCUT2D eigenvalue weighted by Gasteiger charge is -2.30. The first-order chi connectivity index (χ1) is 15.3. The molecule has 3 saturated carbocycles. The molecule has 0 aliphatic heterocycles.